The minimum absolute atomic E-state index is 0.659. The van der Waals surface area contributed by atoms with E-state index in [2.05, 4.69) is 250 Å². The molecule has 13 rings (SSSR count). The van der Waals surface area contributed by atoms with E-state index in [0.29, 0.717) is 10.0 Å². The van der Waals surface area contributed by atoms with Gasteiger partial charge in [0.25, 0.3) is 0 Å². The van der Waals surface area contributed by atoms with Gasteiger partial charge in [0, 0.05) is 89.0 Å². The molecule has 0 spiro atoms. The van der Waals surface area contributed by atoms with Gasteiger partial charge in [-0.15, -0.1) is 0 Å². The number of benzene rings is 11. The number of hydrogen-bond acceptors (Lipinski definition) is 2. The topological polar surface area (TPSA) is 38.1 Å². The van der Waals surface area contributed by atoms with E-state index in [1.54, 1.807) is 0 Å². The number of halogens is 2. The number of hydrogen-bond donors (Lipinski definition) is 2. The van der Waals surface area contributed by atoms with E-state index in [1.165, 1.54) is 0 Å². The van der Waals surface area contributed by atoms with E-state index < -0.39 is 0 Å². The lowest BCUT2D eigenvalue weighted by Crippen LogP contribution is -2.09. The maximum Gasteiger partial charge on any atom is 0.0558 e. The standard InChI is InChI=1S/C66H44Cl2N4/c67-57-41-49(71(45-25-11-3-12-26-45)46-27-13-4-14-28-46)37-39-51(57)53-33-19-35-55-61-59(43-21-7-1-8-22-43)65-62(60(66(61)70-63(53)55)44-23-9-2-10-24-44)56-36-20-34-54(64(56)69-65)52-40-38-50(42-58(52)68)72(47-29-15-5-16-30-47)48-31-17-6-18-32-48/h1-42,69-70H. The van der Waals surface area contributed by atoms with Crippen LogP contribution in [0.15, 0.2) is 255 Å². The number of aromatic nitrogens is 2. The molecule has 0 aliphatic heterocycles. The molecular weight excluding hydrogens is 920 g/mol. The zero-order valence-electron chi connectivity index (χ0n) is 38.9. The third kappa shape index (κ3) is 7.39. The number of H-pyrrole nitrogens is 2. The van der Waals surface area contributed by atoms with Gasteiger partial charge in [-0.25, -0.2) is 0 Å². The maximum absolute atomic E-state index is 7.47. The number of nitrogens with zero attached hydrogens (tertiary/aromatic N) is 2. The highest BCUT2D eigenvalue weighted by Gasteiger charge is 2.27. The number of para-hydroxylation sites is 6. The Morgan fingerprint density at radius 1 is 0.264 bits per heavy atom. The van der Waals surface area contributed by atoms with Gasteiger partial charge in [-0.2, -0.15) is 0 Å². The monoisotopic (exact) mass is 962 g/mol. The second-order valence-electron chi connectivity index (χ2n) is 18.0. The lowest BCUT2D eigenvalue weighted by molar-refractivity contribution is 1.28. The van der Waals surface area contributed by atoms with Crippen molar-refractivity contribution < 1.29 is 0 Å². The summed E-state index contributed by atoms with van der Waals surface area (Å²) in [5, 5.41) is 5.80. The molecule has 11 aromatic carbocycles. The molecule has 0 aliphatic rings. The zero-order valence-corrected chi connectivity index (χ0v) is 40.4. The molecule has 2 N–H and O–H groups in total. The van der Waals surface area contributed by atoms with Gasteiger partial charge >= 0.3 is 0 Å². The number of rotatable bonds is 10. The summed E-state index contributed by atoms with van der Waals surface area (Å²) in [5.74, 6) is 0. The van der Waals surface area contributed by atoms with Gasteiger partial charge in [0.1, 0.15) is 0 Å². The van der Waals surface area contributed by atoms with Gasteiger partial charge in [0.05, 0.1) is 32.1 Å². The van der Waals surface area contributed by atoms with Crippen molar-refractivity contribution in [2.45, 2.75) is 0 Å². The van der Waals surface area contributed by atoms with Crippen molar-refractivity contribution in [3.8, 4) is 44.5 Å². The van der Waals surface area contributed by atoms with E-state index in [1.807, 2.05) is 24.3 Å². The SMILES string of the molecule is Clc1cc(N(c2ccccc2)c2ccccc2)ccc1-c1cccc2c1[nH]c1c(-c3ccccc3)c3c([nH]c4c(-c5ccc(N(c6ccccc6)c6ccccc6)cc5Cl)cccc43)c(-c3ccccc3)c12. The first-order chi connectivity index (χ1) is 35.6. The van der Waals surface area contributed by atoms with Crippen LogP contribution in [0.4, 0.5) is 34.1 Å². The highest BCUT2D eigenvalue weighted by molar-refractivity contribution is 6.37. The van der Waals surface area contributed by atoms with E-state index in [0.717, 1.165) is 122 Å². The molecule has 72 heavy (non-hydrogen) atoms. The lowest BCUT2D eigenvalue weighted by Gasteiger charge is -2.26. The Morgan fingerprint density at radius 2 is 0.583 bits per heavy atom. The Morgan fingerprint density at radius 3 is 0.903 bits per heavy atom. The molecule has 0 unspecified atom stereocenters. The Hall–Kier alpha value is -8.80. The summed E-state index contributed by atoms with van der Waals surface area (Å²) in [7, 11) is 0. The van der Waals surface area contributed by atoms with Crippen LogP contribution in [-0.2, 0) is 0 Å². The van der Waals surface area contributed by atoms with E-state index in [4.69, 9.17) is 23.2 Å². The molecule has 0 radical (unpaired) electrons. The van der Waals surface area contributed by atoms with Crippen molar-refractivity contribution in [1.29, 1.82) is 0 Å². The largest absolute Gasteiger partial charge is 0.353 e. The molecule has 0 fully saturated rings. The minimum Gasteiger partial charge on any atom is -0.353 e. The van der Waals surface area contributed by atoms with Crippen LogP contribution in [0.3, 0.4) is 0 Å². The van der Waals surface area contributed by atoms with Crippen LogP contribution in [0.5, 0.6) is 0 Å². The first kappa shape index (κ1) is 43.2. The molecule has 0 bridgehead atoms. The molecule has 0 saturated carbocycles. The fraction of sp³-hybridized carbons (Fsp3) is 0. The molecule has 13 aromatic rings. The fourth-order valence-corrected chi connectivity index (χ4v) is 11.3. The summed E-state index contributed by atoms with van der Waals surface area (Å²) >= 11 is 14.9. The summed E-state index contributed by atoms with van der Waals surface area (Å²) in [6.45, 7) is 0. The number of fused-ring (bicyclic) bond motifs is 6. The Labute approximate surface area is 427 Å². The fourth-order valence-electron chi connectivity index (χ4n) is 10.7. The Kier molecular flexibility index (Phi) is 10.9. The van der Waals surface area contributed by atoms with Gasteiger partial charge in [0.2, 0.25) is 0 Å². The predicted octanol–water partition coefficient (Wildman–Crippen LogP) is 19.9. The summed E-state index contributed by atoms with van der Waals surface area (Å²) in [6.07, 6.45) is 0. The lowest BCUT2D eigenvalue weighted by atomic mass is 9.89. The second-order valence-corrected chi connectivity index (χ2v) is 18.8. The van der Waals surface area contributed by atoms with Crippen molar-refractivity contribution in [2.24, 2.45) is 0 Å². The minimum atomic E-state index is 0.659. The molecule has 0 aliphatic carbocycles. The third-order valence-electron chi connectivity index (χ3n) is 13.9. The van der Waals surface area contributed by atoms with Crippen LogP contribution >= 0.6 is 23.2 Å². The molecular formula is C66H44Cl2N4. The zero-order chi connectivity index (χ0) is 48.1. The quantitative estimate of drug-likeness (QED) is 0.143. The highest BCUT2D eigenvalue weighted by Crippen LogP contribution is 2.51. The summed E-state index contributed by atoms with van der Waals surface area (Å²) < 4.78 is 0. The molecule has 2 heterocycles. The smallest absolute Gasteiger partial charge is 0.0558 e. The van der Waals surface area contributed by atoms with Crippen LogP contribution in [0.1, 0.15) is 0 Å². The average Bonchev–Trinajstić information content (AvgIpc) is 4.02. The molecule has 2 aromatic heterocycles. The van der Waals surface area contributed by atoms with Crippen LogP contribution in [0.25, 0.3) is 88.1 Å². The molecule has 0 atom stereocenters. The van der Waals surface area contributed by atoms with Crippen molar-refractivity contribution in [3.05, 3.63) is 265 Å². The molecule has 4 nitrogen and oxygen atoms in total. The van der Waals surface area contributed by atoms with Gasteiger partial charge < -0.3 is 19.8 Å². The van der Waals surface area contributed by atoms with Crippen molar-refractivity contribution in [2.75, 3.05) is 9.80 Å². The van der Waals surface area contributed by atoms with Crippen LogP contribution in [0, 0.1) is 0 Å². The predicted molar refractivity (Wildman–Crippen MR) is 306 cm³/mol. The van der Waals surface area contributed by atoms with Crippen LogP contribution in [-0.4, -0.2) is 9.97 Å². The second kappa shape index (κ2) is 18.2. The maximum atomic E-state index is 7.47. The van der Waals surface area contributed by atoms with Crippen LogP contribution in [0.2, 0.25) is 10.0 Å². The molecule has 6 heteroatoms. The normalized spacial score (nSPS) is 11.5. The van der Waals surface area contributed by atoms with Gasteiger partial charge in [-0.3, -0.25) is 0 Å². The Bertz CT molecular complexity index is 3750. The summed E-state index contributed by atoms with van der Waals surface area (Å²) in [6, 6.07) is 89.1. The van der Waals surface area contributed by atoms with E-state index in [9.17, 15) is 0 Å². The summed E-state index contributed by atoms with van der Waals surface area (Å²) in [5.41, 5.74) is 18.7. The van der Waals surface area contributed by atoms with Gasteiger partial charge in [0.15, 0.2) is 0 Å². The highest BCUT2D eigenvalue weighted by atomic mass is 35.5. The number of aromatic amines is 2. The average molecular weight is 964 g/mol. The first-order valence-electron chi connectivity index (χ1n) is 24.1. The van der Waals surface area contributed by atoms with Crippen molar-refractivity contribution >= 4 is 101 Å². The number of nitrogens with one attached hydrogen (secondary N) is 2. The van der Waals surface area contributed by atoms with E-state index >= 15 is 0 Å². The molecule has 0 amide bonds. The first-order valence-corrected chi connectivity index (χ1v) is 24.9. The van der Waals surface area contributed by atoms with Gasteiger partial charge in [-0.05, 0) is 83.9 Å². The number of anilines is 6. The van der Waals surface area contributed by atoms with Crippen molar-refractivity contribution in [1.82, 2.24) is 9.97 Å². The summed E-state index contributed by atoms with van der Waals surface area (Å²) in [4.78, 5) is 12.6. The molecule has 342 valence electrons. The van der Waals surface area contributed by atoms with Crippen molar-refractivity contribution in [3.63, 3.8) is 0 Å². The third-order valence-corrected chi connectivity index (χ3v) is 14.5. The van der Waals surface area contributed by atoms with Crippen LogP contribution < -0.4 is 9.80 Å². The van der Waals surface area contributed by atoms with E-state index in [-0.39, 0.29) is 0 Å². The van der Waals surface area contributed by atoms with Gasteiger partial charge in [-0.1, -0.05) is 205 Å². The Balaban J connectivity index is 1.03. The molecule has 0 saturated heterocycles.